The van der Waals surface area contributed by atoms with E-state index in [1.54, 1.807) is 12.1 Å². The van der Waals surface area contributed by atoms with E-state index in [-0.39, 0.29) is 27.6 Å². The number of nitrogens with one attached hydrogen (secondary N) is 1. The molecule has 0 saturated heterocycles. The average Bonchev–Trinajstić information content (AvgIpc) is 3.24. The van der Waals surface area contributed by atoms with Crippen molar-refractivity contribution in [2.75, 3.05) is 6.61 Å². The number of benzene rings is 2. The zero-order valence-electron chi connectivity index (χ0n) is 15.3. The largest absolute Gasteiger partial charge is 0.468 e. The fourth-order valence-corrected chi connectivity index (χ4v) is 4.01. The Morgan fingerprint density at radius 1 is 1.03 bits per heavy atom. The summed E-state index contributed by atoms with van der Waals surface area (Å²) in [6.07, 6.45) is 1.43. The second-order valence-corrected chi connectivity index (χ2v) is 8.67. The van der Waals surface area contributed by atoms with Crippen LogP contribution in [0.25, 0.3) is 0 Å². The Morgan fingerprint density at radius 2 is 1.83 bits per heavy atom. The minimum absolute atomic E-state index is 0.0223. The predicted octanol–water partition coefficient (Wildman–Crippen LogP) is 4.10. The van der Waals surface area contributed by atoms with Crippen LogP contribution in [0.1, 0.15) is 26.5 Å². The van der Waals surface area contributed by atoms with Crippen LogP contribution in [-0.4, -0.2) is 26.8 Å². The highest BCUT2D eigenvalue weighted by Crippen LogP contribution is 2.21. The molecule has 156 valence electrons. The molecule has 30 heavy (non-hydrogen) atoms. The summed E-state index contributed by atoms with van der Waals surface area (Å²) in [7, 11) is -3.89. The Balaban J connectivity index is 1.66. The van der Waals surface area contributed by atoms with Gasteiger partial charge in [-0.2, -0.15) is 0 Å². The quantitative estimate of drug-likeness (QED) is 0.395. The van der Waals surface area contributed by atoms with Gasteiger partial charge in [0.1, 0.15) is 5.76 Å². The van der Waals surface area contributed by atoms with E-state index in [0.29, 0.717) is 10.8 Å². The summed E-state index contributed by atoms with van der Waals surface area (Å²) in [5.41, 5.74) is 0.137. The molecule has 0 radical (unpaired) electrons. The summed E-state index contributed by atoms with van der Waals surface area (Å²) in [5, 5.41) is 0.506. The number of rotatable bonds is 8. The highest BCUT2D eigenvalue weighted by atomic mass is 35.5. The molecule has 10 heteroatoms. The molecule has 0 aliphatic heterocycles. The van der Waals surface area contributed by atoms with Crippen molar-refractivity contribution in [3.05, 3.63) is 87.8 Å². The van der Waals surface area contributed by atoms with Gasteiger partial charge in [0.2, 0.25) is 15.8 Å². The number of sulfonamides is 1. The first-order valence-corrected chi connectivity index (χ1v) is 10.8. The lowest BCUT2D eigenvalue weighted by Gasteiger charge is -2.08. The van der Waals surface area contributed by atoms with Crippen molar-refractivity contribution in [1.82, 2.24) is 4.72 Å². The average molecular weight is 468 g/mol. The molecule has 0 unspecified atom stereocenters. The molecule has 0 aliphatic rings. The van der Waals surface area contributed by atoms with E-state index in [1.807, 2.05) is 0 Å². The summed E-state index contributed by atoms with van der Waals surface area (Å²) in [5.74, 6) is -0.932. The lowest BCUT2D eigenvalue weighted by Crippen LogP contribution is -2.23. The van der Waals surface area contributed by atoms with Gasteiger partial charge in [0.25, 0.3) is 0 Å². The van der Waals surface area contributed by atoms with Crippen molar-refractivity contribution in [1.29, 1.82) is 0 Å². The number of halogens is 2. The van der Waals surface area contributed by atoms with Gasteiger partial charge in [-0.1, -0.05) is 29.3 Å². The summed E-state index contributed by atoms with van der Waals surface area (Å²) >= 11 is 11.8. The summed E-state index contributed by atoms with van der Waals surface area (Å²) in [6.45, 7) is -0.603. The SMILES string of the molecule is O=C(OCC(=O)c1ccc(Cl)cc1Cl)c1cccc(S(=O)(=O)NCc2ccco2)c1. The number of carbonyl (C=O) groups is 2. The van der Waals surface area contributed by atoms with Crippen molar-refractivity contribution in [3.63, 3.8) is 0 Å². The molecule has 0 saturated carbocycles. The van der Waals surface area contributed by atoms with Gasteiger partial charge < -0.3 is 9.15 Å². The predicted molar refractivity (Wildman–Crippen MR) is 110 cm³/mol. The van der Waals surface area contributed by atoms with Crippen LogP contribution in [0.2, 0.25) is 10.0 Å². The first-order valence-electron chi connectivity index (χ1n) is 8.54. The van der Waals surface area contributed by atoms with E-state index in [0.717, 1.165) is 6.07 Å². The lowest BCUT2D eigenvalue weighted by atomic mass is 10.1. The molecule has 0 fully saturated rings. The number of esters is 1. The molecule has 0 bridgehead atoms. The molecule has 3 aromatic rings. The van der Waals surface area contributed by atoms with Crippen molar-refractivity contribution < 1.29 is 27.2 Å². The van der Waals surface area contributed by atoms with Crippen LogP contribution < -0.4 is 4.72 Å². The molecular weight excluding hydrogens is 453 g/mol. The van der Waals surface area contributed by atoms with Gasteiger partial charge in [0, 0.05) is 10.6 Å². The number of carbonyl (C=O) groups excluding carboxylic acids is 2. The van der Waals surface area contributed by atoms with Crippen LogP contribution >= 0.6 is 23.2 Å². The Hall–Kier alpha value is -2.65. The Kier molecular flexibility index (Phi) is 6.94. The first kappa shape index (κ1) is 22.0. The van der Waals surface area contributed by atoms with E-state index in [4.69, 9.17) is 32.4 Å². The van der Waals surface area contributed by atoms with E-state index in [2.05, 4.69) is 4.72 Å². The standard InChI is InChI=1S/C20H15Cl2NO6S/c21-14-6-7-17(18(22)10-14)19(24)12-29-20(25)13-3-1-5-16(9-13)30(26,27)23-11-15-4-2-8-28-15/h1-10,23H,11-12H2. The van der Waals surface area contributed by atoms with Crippen molar-refractivity contribution in [3.8, 4) is 0 Å². The number of ether oxygens (including phenoxy) is 1. The zero-order valence-corrected chi connectivity index (χ0v) is 17.6. The second-order valence-electron chi connectivity index (χ2n) is 6.06. The summed E-state index contributed by atoms with van der Waals surface area (Å²) < 4.78 is 37.3. The second kappa shape index (κ2) is 9.44. The monoisotopic (exact) mass is 467 g/mol. The van der Waals surface area contributed by atoms with Crippen LogP contribution in [0.4, 0.5) is 0 Å². The molecule has 1 aromatic heterocycles. The summed E-state index contributed by atoms with van der Waals surface area (Å²) in [4.78, 5) is 24.4. The molecule has 2 aromatic carbocycles. The molecule has 7 nitrogen and oxygen atoms in total. The zero-order chi connectivity index (χ0) is 21.7. The third-order valence-corrected chi connectivity index (χ3v) is 5.91. The van der Waals surface area contributed by atoms with Gasteiger partial charge in [0.05, 0.1) is 28.3 Å². The van der Waals surface area contributed by atoms with Crippen LogP contribution in [0, 0.1) is 0 Å². The maximum Gasteiger partial charge on any atom is 0.338 e. The lowest BCUT2D eigenvalue weighted by molar-refractivity contribution is 0.0474. The van der Waals surface area contributed by atoms with Gasteiger partial charge in [-0.3, -0.25) is 4.79 Å². The van der Waals surface area contributed by atoms with E-state index < -0.39 is 28.4 Å². The first-order chi connectivity index (χ1) is 14.3. The van der Waals surface area contributed by atoms with Gasteiger partial charge in [-0.15, -0.1) is 0 Å². The molecule has 0 spiro atoms. The minimum atomic E-state index is -3.89. The van der Waals surface area contributed by atoms with Crippen LogP contribution in [-0.2, 0) is 21.3 Å². The molecule has 1 N–H and O–H groups in total. The van der Waals surface area contributed by atoms with E-state index >= 15 is 0 Å². The number of furan rings is 1. The number of ketones is 1. The van der Waals surface area contributed by atoms with Crippen molar-refractivity contribution in [2.24, 2.45) is 0 Å². The minimum Gasteiger partial charge on any atom is -0.468 e. The van der Waals surface area contributed by atoms with Gasteiger partial charge in [0.15, 0.2) is 6.61 Å². The summed E-state index contributed by atoms with van der Waals surface area (Å²) in [6, 6.07) is 12.9. The number of hydrogen-bond donors (Lipinski definition) is 1. The molecule has 0 atom stereocenters. The van der Waals surface area contributed by atoms with Crippen molar-refractivity contribution in [2.45, 2.75) is 11.4 Å². The number of Topliss-reactive ketones (excluding diaryl/α,β-unsaturated/α-hetero) is 1. The van der Waals surface area contributed by atoms with E-state index in [1.165, 1.54) is 42.7 Å². The highest BCUT2D eigenvalue weighted by Gasteiger charge is 2.19. The molecule has 1 heterocycles. The maximum absolute atomic E-state index is 12.4. The molecule has 3 rings (SSSR count). The van der Waals surface area contributed by atoms with Crippen LogP contribution in [0.5, 0.6) is 0 Å². The third kappa shape index (κ3) is 5.48. The third-order valence-electron chi connectivity index (χ3n) is 3.96. The van der Waals surface area contributed by atoms with Crippen LogP contribution in [0.15, 0.2) is 70.2 Å². The van der Waals surface area contributed by atoms with Gasteiger partial charge >= 0.3 is 5.97 Å². The Labute approximate surface area is 182 Å². The number of hydrogen-bond acceptors (Lipinski definition) is 6. The topological polar surface area (TPSA) is 103 Å². The molecule has 0 amide bonds. The fourth-order valence-electron chi connectivity index (χ4n) is 2.46. The highest BCUT2D eigenvalue weighted by molar-refractivity contribution is 7.89. The van der Waals surface area contributed by atoms with Gasteiger partial charge in [-0.25, -0.2) is 17.9 Å². The van der Waals surface area contributed by atoms with Crippen LogP contribution in [0.3, 0.4) is 0 Å². The van der Waals surface area contributed by atoms with Crippen molar-refractivity contribution >= 4 is 45.0 Å². The smallest absolute Gasteiger partial charge is 0.338 e. The normalized spacial score (nSPS) is 11.3. The maximum atomic E-state index is 12.4. The fraction of sp³-hybridized carbons (Fsp3) is 0.100. The Bertz CT molecular complexity index is 1180. The van der Waals surface area contributed by atoms with Gasteiger partial charge in [-0.05, 0) is 48.5 Å². The molecular formula is C20H15Cl2NO6S. The Morgan fingerprint density at radius 3 is 2.53 bits per heavy atom. The molecule has 0 aliphatic carbocycles. The van der Waals surface area contributed by atoms with E-state index in [9.17, 15) is 18.0 Å².